The van der Waals surface area contributed by atoms with Crippen LogP contribution in [-0.4, -0.2) is 54.9 Å². The van der Waals surface area contributed by atoms with Crippen LogP contribution in [0.1, 0.15) is 19.4 Å². The van der Waals surface area contributed by atoms with E-state index in [0.29, 0.717) is 12.1 Å². The highest BCUT2D eigenvalue weighted by atomic mass is 19.1. The third kappa shape index (κ3) is 5.82. The summed E-state index contributed by atoms with van der Waals surface area (Å²) in [5.74, 6) is -2.94. The molecule has 142 valence electrons. The standard InChI is InChI=1S/C18H23FN2O5/c1-18(2)25-15(17(23)26-18)11-16(22)21(24-10-9-20(3)4)12-13-5-7-14(19)8-6-13/h5-8,11H,9-10,12H2,1-4H3/b15-11-. The number of hydroxylamine groups is 2. The Balaban J connectivity index is 2.12. The first-order chi connectivity index (χ1) is 12.2. The number of rotatable bonds is 7. The van der Waals surface area contributed by atoms with E-state index in [1.165, 1.54) is 12.1 Å². The molecule has 26 heavy (non-hydrogen) atoms. The van der Waals surface area contributed by atoms with E-state index < -0.39 is 17.7 Å². The van der Waals surface area contributed by atoms with Gasteiger partial charge < -0.3 is 14.4 Å². The van der Waals surface area contributed by atoms with Crippen LogP contribution in [0, 0.1) is 5.82 Å². The van der Waals surface area contributed by atoms with E-state index in [9.17, 15) is 14.0 Å². The van der Waals surface area contributed by atoms with Crippen LogP contribution in [0.5, 0.6) is 0 Å². The quantitative estimate of drug-likeness (QED) is 0.417. The van der Waals surface area contributed by atoms with Gasteiger partial charge in [0.2, 0.25) is 11.5 Å². The Morgan fingerprint density at radius 3 is 2.42 bits per heavy atom. The molecule has 1 saturated heterocycles. The van der Waals surface area contributed by atoms with Gasteiger partial charge in [0.25, 0.3) is 5.91 Å². The monoisotopic (exact) mass is 366 g/mol. The number of carbonyl (C=O) groups excluding carboxylic acids is 2. The molecule has 8 heteroatoms. The Morgan fingerprint density at radius 1 is 1.23 bits per heavy atom. The van der Waals surface area contributed by atoms with Crippen LogP contribution in [0.3, 0.4) is 0 Å². The Morgan fingerprint density at radius 2 is 1.88 bits per heavy atom. The van der Waals surface area contributed by atoms with E-state index in [-0.39, 0.29) is 24.7 Å². The van der Waals surface area contributed by atoms with Gasteiger partial charge in [-0.1, -0.05) is 12.1 Å². The molecule has 0 N–H and O–H groups in total. The molecule has 2 rings (SSSR count). The molecular formula is C18H23FN2O5. The summed E-state index contributed by atoms with van der Waals surface area (Å²) in [5.41, 5.74) is 0.679. The molecule has 1 aromatic carbocycles. The number of ether oxygens (including phenoxy) is 2. The molecule has 1 aromatic rings. The zero-order valence-electron chi connectivity index (χ0n) is 15.3. The predicted molar refractivity (Wildman–Crippen MR) is 90.8 cm³/mol. The van der Waals surface area contributed by atoms with Crippen molar-refractivity contribution in [1.29, 1.82) is 0 Å². The predicted octanol–water partition coefficient (Wildman–Crippen LogP) is 1.84. The smallest absolute Gasteiger partial charge is 0.377 e. The number of halogens is 1. The normalized spacial score (nSPS) is 17.3. The summed E-state index contributed by atoms with van der Waals surface area (Å²) in [5, 5.41) is 1.10. The molecular weight excluding hydrogens is 343 g/mol. The molecule has 7 nitrogen and oxygen atoms in total. The Labute approximate surface area is 151 Å². The lowest BCUT2D eigenvalue weighted by Gasteiger charge is -2.22. The number of nitrogens with zero attached hydrogens (tertiary/aromatic N) is 2. The first-order valence-electron chi connectivity index (χ1n) is 8.14. The number of cyclic esters (lactones) is 1. The maximum atomic E-state index is 13.1. The van der Waals surface area contributed by atoms with Crippen LogP contribution in [0.15, 0.2) is 36.1 Å². The second-order valence-electron chi connectivity index (χ2n) is 6.54. The van der Waals surface area contributed by atoms with Gasteiger partial charge >= 0.3 is 5.97 Å². The van der Waals surface area contributed by atoms with Crippen LogP contribution >= 0.6 is 0 Å². The van der Waals surface area contributed by atoms with Crippen molar-refractivity contribution in [1.82, 2.24) is 9.96 Å². The van der Waals surface area contributed by atoms with Crippen molar-refractivity contribution in [3.8, 4) is 0 Å². The first kappa shape index (κ1) is 19.9. The molecule has 0 radical (unpaired) electrons. The molecule has 0 spiro atoms. The summed E-state index contributed by atoms with van der Waals surface area (Å²) in [6, 6.07) is 5.72. The minimum atomic E-state index is -1.11. The summed E-state index contributed by atoms with van der Waals surface area (Å²) in [4.78, 5) is 31.8. The zero-order valence-corrected chi connectivity index (χ0v) is 15.3. The third-order valence-electron chi connectivity index (χ3n) is 3.42. The van der Waals surface area contributed by atoms with E-state index >= 15 is 0 Å². The Kier molecular flexibility index (Phi) is 6.33. The van der Waals surface area contributed by atoms with Gasteiger partial charge in [-0.25, -0.2) is 14.2 Å². The summed E-state index contributed by atoms with van der Waals surface area (Å²) >= 11 is 0. The average molecular weight is 366 g/mol. The number of benzene rings is 1. The van der Waals surface area contributed by atoms with Crippen LogP contribution < -0.4 is 0 Å². The van der Waals surface area contributed by atoms with Crippen molar-refractivity contribution >= 4 is 11.9 Å². The Bertz CT molecular complexity index is 685. The third-order valence-corrected chi connectivity index (χ3v) is 3.42. The molecule has 1 amide bonds. The fourth-order valence-corrected chi connectivity index (χ4v) is 2.15. The lowest BCUT2D eigenvalue weighted by molar-refractivity contribution is -0.186. The highest BCUT2D eigenvalue weighted by Gasteiger charge is 2.38. The molecule has 0 aliphatic carbocycles. The largest absolute Gasteiger partial charge is 0.445 e. The van der Waals surface area contributed by atoms with Crippen LogP contribution in [-0.2, 0) is 30.4 Å². The maximum absolute atomic E-state index is 13.1. The molecule has 0 bridgehead atoms. The van der Waals surface area contributed by atoms with Crippen LogP contribution in [0.25, 0.3) is 0 Å². The van der Waals surface area contributed by atoms with Gasteiger partial charge in [0.05, 0.1) is 19.2 Å². The minimum absolute atomic E-state index is 0.0920. The molecule has 0 aromatic heterocycles. The van der Waals surface area contributed by atoms with Crippen molar-refractivity contribution in [3.05, 3.63) is 47.5 Å². The van der Waals surface area contributed by atoms with Gasteiger partial charge in [-0.05, 0) is 31.8 Å². The molecule has 1 aliphatic rings. The minimum Gasteiger partial charge on any atom is -0.445 e. The maximum Gasteiger partial charge on any atom is 0.377 e. The van der Waals surface area contributed by atoms with E-state index in [1.807, 2.05) is 19.0 Å². The average Bonchev–Trinajstić information content (AvgIpc) is 2.80. The number of amides is 1. The van der Waals surface area contributed by atoms with Crippen LogP contribution in [0.4, 0.5) is 4.39 Å². The molecule has 0 saturated carbocycles. The topological polar surface area (TPSA) is 68.3 Å². The summed E-state index contributed by atoms with van der Waals surface area (Å²) in [6.07, 6.45) is 1.04. The lowest BCUT2D eigenvalue weighted by atomic mass is 10.2. The second kappa shape index (κ2) is 8.29. The molecule has 1 fully saturated rings. The van der Waals surface area contributed by atoms with Gasteiger partial charge in [0.1, 0.15) is 5.82 Å². The summed E-state index contributed by atoms with van der Waals surface area (Å²) in [6.45, 7) is 4.09. The molecule has 0 unspecified atom stereocenters. The van der Waals surface area contributed by atoms with Gasteiger partial charge in [0.15, 0.2) is 0 Å². The van der Waals surface area contributed by atoms with E-state index in [4.69, 9.17) is 14.3 Å². The Hall–Kier alpha value is -2.45. The number of esters is 1. The second-order valence-corrected chi connectivity index (χ2v) is 6.54. The molecule has 1 heterocycles. The number of hydrogen-bond donors (Lipinski definition) is 0. The summed E-state index contributed by atoms with van der Waals surface area (Å²) < 4.78 is 23.4. The van der Waals surface area contributed by atoms with Gasteiger partial charge in [-0.3, -0.25) is 9.63 Å². The van der Waals surface area contributed by atoms with Crippen molar-refractivity contribution < 1.29 is 28.3 Å². The first-order valence-corrected chi connectivity index (χ1v) is 8.14. The SMILES string of the molecule is CN(C)CCON(Cc1ccc(F)cc1)C(=O)/C=C1\OC(C)(C)OC1=O. The summed E-state index contributed by atoms with van der Waals surface area (Å²) in [7, 11) is 3.75. The number of carbonyl (C=O) groups is 2. The van der Waals surface area contributed by atoms with Crippen molar-refractivity contribution in [2.24, 2.45) is 0 Å². The zero-order chi connectivity index (χ0) is 19.3. The fraction of sp³-hybridized carbons (Fsp3) is 0.444. The van der Waals surface area contributed by atoms with Crippen LogP contribution in [0.2, 0.25) is 0 Å². The fourth-order valence-electron chi connectivity index (χ4n) is 2.15. The van der Waals surface area contributed by atoms with E-state index in [2.05, 4.69) is 0 Å². The van der Waals surface area contributed by atoms with Gasteiger partial charge in [0, 0.05) is 20.4 Å². The highest BCUT2D eigenvalue weighted by molar-refractivity contribution is 5.97. The van der Waals surface area contributed by atoms with E-state index in [1.54, 1.807) is 26.0 Å². The number of likely N-dealkylation sites (N-methyl/N-ethyl adjacent to an activating group) is 1. The van der Waals surface area contributed by atoms with Crippen molar-refractivity contribution in [3.63, 3.8) is 0 Å². The number of hydrogen-bond acceptors (Lipinski definition) is 6. The van der Waals surface area contributed by atoms with Crippen molar-refractivity contribution in [2.75, 3.05) is 27.2 Å². The van der Waals surface area contributed by atoms with E-state index in [0.717, 1.165) is 11.1 Å². The molecule has 0 atom stereocenters. The lowest BCUT2D eigenvalue weighted by Crippen LogP contribution is -2.32. The van der Waals surface area contributed by atoms with Gasteiger partial charge in [-0.2, -0.15) is 0 Å². The van der Waals surface area contributed by atoms with Gasteiger partial charge in [-0.15, -0.1) is 0 Å². The van der Waals surface area contributed by atoms with Crippen molar-refractivity contribution in [2.45, 2.75) is 26.2 Å². The molecule has 1 aliphatic heterocycles. The highest BCUT2D eigenvalue weighted by Crippen LogP contribution is 2.26.